The number of benzene rings is 1. The van der Waals surface area contributed by atoms with Crippen LogP contribution in [-0.4, -0.2) is 42.1 Å². The van der Waals surface area contributed by atoms with E-state index in [9.17, 15) is 9.59 Å². The summed E-state index contributed by atoms with van der Waals surface area (Å²) in [6.45, 7) is -0.751. The Hall–Kier alpha value is -1.17. The number of likely N-dealkylation sites (N-methyl/N-ethyl adjacent to an activating group) is 1. The van der Waals surface area contributed by atoms with Crippen molar-refractivity contribution in [2.75, 3.05) is 20.2 Å². The molecule has 0 aliphatic rings. The summed E-state index contributed by atoms with van der Waals surface area (Å²) in [5, 5.41) is 9.27. The molecule has 0 spiro atoms. The molecule has 1 aromatic carbocycles. The fraction of sp³-hybridized carbons (Fsp3) is 0.273. The number of carboxylic acids is 1. The molecule has 0 bridgehead atoms. The summed E-state index contributed by atoms with van der Waals surface area (Å²) in [7, 11) is 1.36. The molecular formula is C11H10Cl3NO4. The molecule has 0 saturated heterocycles. The molecule has 104 valence electrons. The first kappa shape index (κ1) is 15.9. The number of rotatable bonds is 5. The van der Waals surface area contributed by atoms with Gasteiger partial charge in [-0.2, -0.15) is 0 Å². The molecule has 1 amide bonds. The number of carboxylic acid groups (broad SMARTS) is 1. The lowest BCUT2D eigenvalue weighted by Crippen LogP contribution is -2.35. The second-order valence-corrected chi connectivity index (χ2v) is 4.85. The monoisotopic (exact) mass is 325 g/mol. The van der Waals surface area contributed by atoms with Crippen molar-refractivity contribution in [1.29, 1.82) is 0 Å². The summed E-state index contributed by atoms with van der Waals surface area (Å²) in [5.41, 5.74) is 0. The Morgan fingerprint density at radius 2 is 1.79 bits per heavy atom. The molecule has 8 heteroatoms. The third-order valence-corrected chi connectivity index (χ3v) is 3.14. The van der Waals surface area contributed by atoms with Crippen LogP contribution < -0.4 is 4.74 Å². The van der Waals surface area contributed by atoms with Gasteiger partial charge in [0, 0.05) is 13.1 Å². The van der Waals surface area contributed by atoms with Crippen molar-refractivity contribution in [2.45, 2.75) is 0 Å². The van der Waals surface area contributed by atoms with Crippen LogP contribution in [0, 0.1) is 0 Å². The quantitative estimate of drug-likeness (QED) is 0.845. The van der Waals surface area contributed by atoms with E-state index in [0.29, 0.717) is 0 Å². The van der Waals surface area contributed by atoms with Crippen molar-refractivity contribution in [3.05, 3.63) is 27.2 Å². The van der Waals surface area contributed by atoms with E-state index in [4.69, 9.17) is 44.6 Å². The number of nitrogens with zero attached hydrogens (tertiary/aromatic N) is 1. The molecule has 0 aliphatic carbocycles. The Bertz CT molecular complexity index is 507. The van der Waals surface area contributed by atoms with Gasteiger partial charge in [-0.3, -0.25) is 9.59 Å². The van der Waals surface area contributed by atoms with Crippen LogP contribution in [0.25, 0.3) is 0 Å². The van der Waals surface area contributed by atoms with Crippen LogP contribution in [0.5, 0.6) is 5.75 Å². The Morgan fingerprint density at radius 1 is 1.21 bits per heavy atom. The molecule has 0 heterocycles. The number of halogens is 3. The van der Waals surface area contributed by atoms with E-state index in [1.807, 2.05) is 0 Å². The maximum atomic E-state index is 11.6. The first-order valence-electron chi connectivity index (χ1n) is 5.04. The normalized spacial score (nSPS) is 10.1. The smallest absolute Gasteiger partial charge is 0.323 e. The number of hydrogen-bond donors (Lipinski definition) is 1. The Balaban J connectivity index is 2.64. The van der Waals surface area contributed by atoms with Crippen molar-refractivity contribution in [3.63, 3.8) is 0 Å². The van der Waals surface area contributed by atoms with Crippen LogP contribution in [0.2, 0.25) is 15.1 Å². The van der Waals surface area contributed by atoms with E-state index in [1.165, 1.54) is 19.2 Å². The van der Waals surface area contributed by atoms with Gasteiger partial charge in [-0.1, -0.05) is 34.8 Å². The van der Waals surface area contributed by atoms with Crippen LogP contribution in [0.1, 0.15) is 0 Å². The topological polar surface area (TPSA) is 66.8 Å². The first-order valence-corrected chi connectivity index (χ1v) is 6.17. The molecule has 1 N–H and O–H groups in total. The number of carbonyl (C=O) groups is 2. The Labute approximate surface area is 124 Å². The molecule has 1 rings (SSSR count). The van der Waals surface area contributed by atoms with E-state index in [-0.39, 0.29) is 27.4 Å². The number of ether oxygens (including phenoxy) is 1. The fourth-order valence-corrected chi connectivity index (χ4v) is 1.75. The number of carbonyl (C=O) groups excluding carboxylic acids is 1. The molecule has 0 aliphatic heterocycles. The third kappa shape index (κ3) is 4.78. The van der Waals surface area contributed by atoms with Gasteiger partial charge in [0.1, 0.15) is 12.3 Å². The van der Waals surface area contributed by atoms with Gasteiger partial charge < -0.3 is 14.7 Å². The average molecular weight is 327 g/mol. The lowest BCUT2D eigenvalue weighted by molar-refractivity contribution is -0.144. The second-order valence-electron chi connectivity index (χ2n) is 3.63. The van der Waals surface area contributed by atoms with Gasteiger partial charge in [0.05, 0.1) is 15.1 Å². The highest BCUT2D eigenvalue weighted by atomic mass is 35.5. The summed E-state index contributed by atoms with van der Waals surface area (Å²) in [6, 6.07) is 2.78. The predicted octanol–water partition coefficient (Wildman–Crippen LogP) is 2.57. The number of hydrogen-bond acceptors (Lipinski definition) is 3. The molecule has 0 radical (unpaired) electrons. The highest BCUT2D eigenvalue weighted by Crippen LogP contribution is 2.33. The Morgan fingerprint density at radius 3 is 2.37 bits per heavy atom. The summed E-state index contributed by atoms with van der Waals surface area (Å²) < 4.78 is 5.18. The van der Waals surface area contributed by atoms with Crippen LogP contribution in [0.15, 0.2) is 12.1 Å². The fourth-order valence-electron chi connectivity index (χ4n) is 1.16. The highest BCUT2D eigenvalue weighted by Gasteiger charge is 2.14. The van der Waals surface area contributed by atoms with E-state index in [0.717, 1.165) is 4.90 Å². The van der Waals surface area contributed by atoms with Gasteiger partial charge in [0.15, 0.2) is 6.61 Å². The molecule has 0 unspecified atom stereocenters. The van der Waals surface area contributed by atoms with Gasteiger partial charge in [0.25, 0.3) is 5.91 Å². The number of aliphatic carboxylic acids is 1. The molecular weight excluding hydrogens is 316 g/mol. The summed E-state index contributed by atoms with van der Waals surface area (Å²) in [5.74, 6) is -1.40. The summed E-state index contributed by atoms with van der Waals surface area (Å²) in [4.78, 5) is 23.0. The first-order chi connectivity index (χ1) is 8.81. The van der Waals surface area contributed by atoms with Crippen molar-refractivity contribution >= 4 is 46.7 Å². The van der Waals surface area contributed by atoms with Gasteiger partial charge in [-0.25, -0.2) is 0 Å². The Kier molecular flexibility index (Phi) is 5.72. The van der Waals surface area contributed by atoms with E-state index in [2.05, 4.69) is 0 Å². The van der Waals surface area contributed by atoms with Crippen LogP contribution in [0.3, 0.4) is 0 Å². The zero-order valence-corrected chi connectivity index (χ0v) is 12.1. The molecule has 5 nitrogen and oxygen atoms in total. The SMILES string of the molecule is CN(CC(=O)O)C(=O)COc1cc(Cl)c(Cl)cc1Cl. The van der Waals surface area contributed by atoms with Crippen LogP contribution in [-0.2, 0) is 9.59 Å². The zero-order chi connectivity index (χ0) is 14.6. The summed E-state index contributed by atoms with van der Waals surface area (Å²) in [6.07, 6.45) is 0. The third-order valence-electron chi connectivity index (χ3n) is 2.12. The van der Waals surface area contributed by atoms with Crippen molar-refractivity contribution in [1.82, 2.24) is 4.90 Å². The van der Waals surface area contributed by atoms with Crippen molar-refractivity contribution < 1.29 is 19.4 Å². The minimum atomic E-state index is -1.11. The second kappa shape index (κ2) is 6.84. The average Bonchev–Trinajstić information content (AvgIpc) is 2.30. The maximum Gasteiger partial charge on any atom is 0.323 e. The van der Waals surface area contributed by atoms with E-state index < -0.39 is 18.4 Å². The van der Waals surface area contributed by atoms with Gasteiger partial charge >= 0.3 is 5.97 Å². The predicted molar refractivity (Wildman–Crippen MR) is 72.2 cm³/mol. The van der Waals surface area contributed by atoms with Gasteiger partial charge in [0.2, 0.25) is 0 Å². The minimum Gasteiger partial charge on any atom is -0.482 e. The molecule has 0 atom stereocenters. The molecule has 19 heavy (non-hydrogen) atoms. The maximum absolute atomic E-state index is 11.6. The van der Waals surface area contributed by atoms with Crippen molar-refractivity contribution in [2.24, 2.45) is 0 Å². The molecule has 0 aromatic heterocycles. The van der Waals surface area contributed by atoms with E-state index in [1.54, 1.807) is 0 Å². The summed E-state index contributed by atoms with van der Waals surface area (Å²) >= 11 is 17.4. The van der Waals surface area contributed by atoms with Crippen LogP contribution >= 0.6 is 34.8 Å². The molecule has 0 saturated carbocycles. The standard InChI is InChI=1S/C11H10Cl3NO4/c1-15(4-11(17)18)10(16)5-19-9-3-7(13)6(12)2-8(9)14/h2-3H,4-5H2,1H3,(H,17,18). The highest BCUT2D eigenvalue weighted by molar-refractivity contribution is 6.43. The van der Waals surface area contributed by atoms with Crippen LogP contribution in [0.4, 0.5) is 0 Å². The number of amides is 1. The molecule has 1 aromatic rings. The van der Waals surface area contributed by atoms with Gasteiger partial charge in [-0.05, 0) is 6.07 Å². The van der Waals surface area contributed by atoms with E-state index >= 15 is 0 Å². The largest absolute Gasteiger partial charge is 0.482 e. The lowest BCUT2D eigenvalue weighted by atomic mass is 10.3. The van der Waals surface area contributed by atoms with Gasteiger partial charge in [-0.15, -0.1) is 0 Å². The lowest BCUT2D eigenvalue weighted by Gasteiger charge is -2.15. The molecule has 0 fully saturated rings. The van der Waals surface area contributed by atoms with Crippen molar-refractivity contribution in [3.8, 4) is 5.75 Å². The minimum absolute atomic E-state index is 0.202. The zero-order valence-electron chi connectivity index (χ0n) is 9.82.